The third-order valence-corrected chi connectivity index (χ3v) is 3.59. The molecule has 0 aliphatic heterocycles. The summed E-state index contributed by atoms with van der Waals surface area (Å²) in [6, 6.07) is 10.7. The number of hydrogen-bond acceptors (Lipinski definition) is 4. The number of amides is 1. The Balaban J connectivity index is 2.10. The van der Waals surface area contributed by atoms with Crippen LogP contribution in [0.3, 0.4) is 0 Å². The molecule has 0 radical (unpaired) electrons. The molecule has 24 heavy (non-hydrogen) atoms. The third kappa shape index (κ3) is 3.25. The van der Waals surface area contributed by atoms with Gasteiger partial charge in [0.05, 0.1) is 12.0 Å². The van der Waals surface area contributed by atoms with Gasteiger partial charge in [0.1, 0.15) is 11.3 Å². The maximum atomic E-state index is 12.3. The number of rotatable bonds is 4. The van der Waals surface area contributed by atoms with Crippen LogP contribution in [0.15, 0.2) is 45.6 Å². The van der Waals surface area contributed by atoms with Gasteiger partial charge in [-0.3, -0.25) is 4.79 Å². The quantitative estimate of drug-likeness (QED) is 0.583. The van der Waals surface area contributed by atoms with E-state index >= 15 is 0 Å². The lowest BCUT2D eigenvalue weighted by molar-refractivity contribution is -0.114. The predicted molar refractivity (Wildman–Crippen MR) is 94.6 cm³/mol. The Kier molecular flexibility index (Phi) is 4.25. The fraction of sp³-hybridized carbons (Fsp3) is 0.263. The normalized spacial score (nSPS) is 11.2. The molecule has 5 heteroatoms. The molecule has 0 saturated heterocycles. The molecular formula is C19H19NO4. The minimum absolute atomic E-state index is 0.188. The Morgan fingerprint density at radius 1 is 1.12 bits per heavy atom. The van der Waals surface area contributed by atoms with Gasteiger partial charge in [0.25, 0.3) is 0 Å². The van der Waals surface area contributed by atoms with Crippen LogP contribution in [0.5, 0.6) is 5.75 Å². The van der Waals surface area contributed by atoms with Crippen molar-refractivity contribution in [2.75, 3.05) is 11.9 Å². The molecule has 1 N–H and O–H groups in total. The summed E-state index contributed by atoms with van der Waals surface area (Å²) in [6.45, 7) is 6.16. The zero-order valence-electron chi connectivity index (χ0n) is 13.9. The summed E-state index contributed by atoms with van der Waals surface area (Å²) in [6.07, 6.45) is 0. The van der Waals surface area contributed by atoms with Gasteiger partial charge in [0.2, 0.25) is 5.91 Å². The Morgan fingerprint density at radius 2 is 1.88 bits per heavy atom. The van der Waals surface area contributed by atoms with Crippen LogP contribution in [-0.2, 0) is 4.79 Å². The van der Waals surface area contributed by atoms with Gasteiger partial charge < -0.3 is 14.5 Å². The van der Waals surface area contributed by atoms with Crippen LogP contribution in [-0.4, -0.2) is 12.5 Å². The standard InChI is InChI=1S/C19H19NO4/c1-11(2)10-23-14-5-7-16-15-6-4-13(20-12(3)21)8-17(15)19(22)24-18(16)9-14/h4-9,11H,10H2,1-3H3,(H,20,21). The zero-order chi connectivity index (χ0) is 17.3. The molecule has 3 rings (SSSR count). The van der Waals surface area contributed by atoms with Crippen LogP contribution in [0.2, 0.25) is 0 Å². The van der Waals surface area contributed by atoms with E-state index in [0.29, 0.717) is 34.9 Å². The Bertz CT molecular complexity index is 972. The number of anilines is 1. The minimum Gasteiger partial charge on any atom is -0.493 e. The number of carbonyl (C=O) groups is 1. The Labute approximate surface area is 139 Å². The summed E-state index contributed by atoms with van der Waals surface area (Å²) in [5.74, 6) is 0.900. The first-order chi connectivity index (χ1) is 11.4. The van der Waals surface area contributed by atoms with E-state index in [1.165, 1.54) is 6.92 Å². The molecule has 0 aliphatic carbocycles. The van der Waals surface area contributed by atoms with Gasteiger partial charge in [0.15, 0.2) is 0 Å². The summed E-state index contributed by atoms with van der Waals surface area (Å²) < 4.78 is 11.1. The van der Waals surface area contributed by atoms with E-state index in [-0.39, 0.29) is 5.91 Å². The number of fused-ring (bicyclic) bond motifs is 3. The number of ether oxygens (including phenoxy) is 1. The topological polar surface area (TPSA) is 68.5 Å². The molecule has 0 spiro atoms. The lowest BCUT2D eigenvalue weighted by atomic mass is 10.1. The number of benzene rings is 2. The van der Waals surface area contributed by atoms with Crippen molar-refractivity contribution in [2.24, 2.45) is 5.92 Å². The second-order valence-electron chi connectivity index (χ2n) is 6.19. The fourth-order valence-electron chi connectivity index (χ4n) is 2.55. The lowest BCUT2D eigenvalue weighted by Gasteiger charge is -2.10. The van der Waals surface area contributed by atoms with E-state index in [4.69, 9.17) is 9.15 Å². The van der Waals surface area contributed by atoms with Crippen molar-refractivity contribution >= 4 is 33.3 Å². The van der Waals surface area contributed by atoms with Crippen molar-refractivity contribution in [2.45, 2.75) is 20.8 Å². The average Bonchev–Trinajstić information content (AvgIpc) is 2.52. The summed E-state index contributed by atoms with van der Waals surface area (Å²) in [4.78, 5) is 23.5. The van der Waals surface area contributed by atoms with Crippen molar-refractivity contribution in [3.05, 3.63) is 46.8 Å². The fourth-order valence-corrected chi connectivity index (χ4v) is 2.55. The average molecular weight is 325 g/mol. The van der Waals surface area contributed by atoms with Crippen LogP contribution in [0.1, 0.15) is 20.8 Å². The van der Waals surface area contributed by atoms with Crippen LogP contribution >= 0.6 is 0 Å². The van der Waals surface area contributed by atoms with Gasteiger partial charge in [-0.15, -0.1) is 0 Å². The lowest BCUT2D eigenvalue weighted by Crippen LogP contribution is -2.07. The molecular weight excluding hydrogens is 306 g/mol. The van der Waals surface area contributed by atoms with Crippen LogP contribution in [0.25, 0.3) is 21.7 Å². The van der Waals surface area contributed by atoms with Crippen molar-refractivity contribution in [3.63, 3.8) is 0 Å². The monoisotopic (exact) mass is 325 g/mol. The van der Waals surface area contributed by atoms with E-state index in [1.807, 2.05) is 18.2 Å². The highest BCUT2D eigenvalue weighted by Gasteiger charge is 2.10. The molecule has 0 atom stereocenters. The molecule has 5 nitrogen and oxygen atoms in total. The van der Waals surface area contributed by atoms with Gasteiger partial charge >= 0.3 is 5.63 Å². The van der Waals surface area contributed by atoms with Gasteiger partial charge in [-0.1, -0.05) is 19.9 Å². The highest BCUT2D eigenvalue weighted by molar-refractivity contribution is 6.06. The van der Waals surface area contributed by atoms with Gasteiger partial charge in [0, 0.05) is 29.4 Å². The summed E-state index contributed by atoms with van der Waals surface area (Å²) in [5, 5.41) is 4.72. The SMILES string of the molecule is CC(=O)Nc1ccc2c(c1)c(=O)oc1cc(OCC(C)C)ccc12. The highest BCUT2D eigenvalue weighted by Crippen LogP contribution is 2.28. The summed E-state index contributed by atoms with van der Waals surface area (Å²) in [5.41, 5.74) is 0.616. The molecule has 0 saturated carbocycles. The van der Waals surface area contributed by atoms with Gasteiger partial charge in [-0.05, 0) is 30.2 Å². The summed E-state index contributed by atoms with van der Waals surface area (Å²) in [7, 11) is 0. The van der Waals surface area contributed by atoms with Crippen molar-refractivity contribution in [3.8, 4) is 5.75 Å². The largest absolute Gasteiger partial charge is 0.493 e. The molecule has 0 aliphatic rings. The Hall–Kier alpha value is -2.82. The van der Waals surface area contributed by atoms with E-state index in [0.717, 1.165) is 10.8 Å². The van der Waals surface area contributed by atoms with Crippen molar-refractivity contribution in [1.82, 2.24) is 0 Å². The van der Waals surface area contributed by atoms with Gasteiger partial charge in [-0.2, -0.15) is 0 Å². The third-order valence-electron chi connectivity index (χ3n) is 3.59. The van der Waals surface area contributed by atoms with Gasteiger partial charge in [-0.25, -0.2) is 4.79 Å². The maximum Gasteiger partial charge on any atom is 0.344 e. The Morgan fingerprint density at radius 3 is 2.58 bits per heavy atom. The molecule has 1 amide bonds. The first-order valence-corrected chi connectivity index (χ1v) is 7.85. The minimum atomic E-state index is -0.439. The smallest absolute Gasteiger partial charge is 0.344 e. The maximum absolute atomic E-state index is 12.3. The predicted octanol–water partition coefficient (Wildman–Crippen LogP) is 3.94. The number of hydrogen-bond donors (Lipinski definition) is 1. The molecule has 3 aromatic rings. The molecule has 124 valence electrons. The first kappa shape index (κ1) is 16.1. The van der Waals surface area contributed by atoms with Crippen LogP contribution in [0.4, 0.5) is 5.69 Å². The molecule has 0 fully saturated rings. The molecule has 1 heterocycles. The molecule has 0 unspecified atom stereocenters. The van der Waals surface area contributed by atoms with E-state index < -0.39 is 5.63 Å². The molecule has 1 aromatic heterocycles. The van der Waals surface area contributed by atoms with E-state index in [9.17, 15) is 9.59 Å². The van der Waals surface area contributed by atoms with E-state index in [2.05, 4.69) is 19.2 Å². The van der Waals surface area contributed by atoms with Crippen LogP contribution < -0.4 is 15.7 Å². The first-order valence-electron chi connectivity index (χ1n) is 7.85. The molecule has 2 aromatic carbocycles. The number of nitrogens with one attached hydrogen (secondary N) is 1. The van der Waals surface area contributed by atoms with E-state index in [1.54, 1.807) is 18.2 Å². The van der Waals surface area contributed by atoms with Crippen molar-refractivity contribution < 1.29 is 13.9 Å². The molecule has 0 bridgehead atoms. The zero-order valence-corrected chi connectivity index (χ0v) is 13.9. The van der Waals surface area contributed by atoms with Crippen molar-refractivity contribution in [1.29, 1.82) is 0 Å². The second-order valence-corrected chi connectivity index (χ2v) is 6.19. The second kappa shape index (κ2) is 6.35. The highest BCUT2D eigenvalue weighted by atomic mass is 16.5. The number of carbonyl (C=O) groups excluding carboxylic acids is 1. The van der Waals surface area contributed by atoms with Crippen LogP contribution in [0, 0.1) is 5.92 Å². The summed E-state index contributed by atoms with van der Waals surface area (Å²) >= 11 is 0.